The van der Waals surface area contributed by atoms with Crippen LogP contribution in [0, 0.1) is 45.6 Å². The summed E-state index contributed by atoms with van der Waals surface area (Å²) < 4.78 is 5.08. The lowest BCUT2D eigenvalue weighted by Crippen LogP contribution is -2.40. The topological polar surface area (TPSA) is 124 Å². The molecule has 0 unspecified atom stereocenters. The van der Waals surface area contributed by atoms with Crippen LogP contribution in [0.3, 0.4) is 0 Å². The molecule has 0 aromatic heterocycles. The average molecular weight is 472 g/mol. The van der Waals surface area contributed by atoms with E-state index in [2.05, 4.69) is 12.2 Å². The van der Waals surface area contributed by atoms with Crippen LogP contribution in [0.15, 0.2) is 60.7 Å². The van der Waals surface area contributed by atoms with Crippen LogP contribution in [0.25, 0.3) is 0 Å². The zero-order valence-corrected chi connectivity index (χ0v) is 18.4. The molecule has 2 bridgehead atoms. The van der Waals surface area contributed by atoms with Gasteiger partial charge in [-0.15, -0.1) is 0 Å². The molecule has 2 aromatic rings. The first-order valence-electron chi connectivity index (χ1n) is 11.5. The molecule has 176 valence electrons. The van der Waals surface area contributed by atoms with E-state index in [9.17, 15) is 29.3 Å². The van der Waals surface area contributed by atoms with Gasteiger partial charge in [0.05, 0.1) is 28.0 Å². The summed E-state index contributed by atoms with van der Waals surface area (Å²) in [5, 5.41) is 10.7. The molecule has 9 nitrogen and oxygen atoms in total. The molecule has 5 aliphatic rings. The lowest BCUT2D eigenvalue weighted by Gasteiger charge is -2.37. The summed E-state index contributed by atoms with van der Waals surface area (Å²) in [6.45, 7) is -0.525. The molecule has 9 heteroatoms. The molecule has 35 heavy (non-hydrogen) atoms. The van der Waals surface area contributed by atoms with E-state index in [4.69, 9.17) is 4.74 Å². The minimum absolute atomic E-state index is 0.138. The Bertz CT molecular complexity index is 1280. The number of nitro groups is 1. The monoisotopic (exact) mass is 472 g/mol. The fourth-order valence-corrected chi connectivity index (χ4v) is 6.02. The fraction of sp³-hybridized carbons (Fsp3) is 0.308. The highest BCUT2D eigenvalue weighted by Crippen LogP contribution is 2.65. The third kappa shape index (κ3) is 3.30. The van der Waals surface area contributed by atoms with Gasteiger partial charge >= 0.3 is 5.97 Å². The maximum absolute atomic E-state index is 13.2. The van der Waals surface area contributed by atoms with Crippen molar-refractivity contribution in [2.24, 2.45) is 35.5 Å². The van der Waals surface area contributed by atoms with E-state index in [1.807, 2.05) is 0 Å². The van der Waals surface area contributed by atoms with Crippen molar-refractivity contribution in [3.05, 3.63) is 81.9 Å². The Morgan fingerprint density at radius 3 is 1.97 bits per heavy atom. The van der Waals surface area contributed by atoms with E-state index in [0.29, 0.717) is 17.5 Å². The number of amides is 2. The van der Waals surface area contributed by atoms with Crippen LogP contribution in [0.4, 0.5) is 11.4 Å². The van der Waals surface area contributed by atoms with E-state index >= 15 is 0 Å². The maximum Gasteiger partial charge on any atom is 0.338 e. The van der Waals surface area contributed by atoms with Crippen molar-refractivity contribution in [1.29, 1.82) is 0 Å². The number of nitrogens with zero attached hydrogens (tertiary/aromatic N) is 2. The van der Waals surface area contributed by atoms with Crippen molar-refractivity contribution in [3.8, 4) is 0 Å². The number of hydrogen-bond acceptors (Lipinski definition) is 7. The van der Waals surface area contributed by atoms with Crippen LogP contribution in [0.1, 0.15) is 27.1 Å². The summed E-state index contributed by atoms with van der Waals surface area (Å²) in [5.74, 6) is -0.848. The molecule has 0 radical (unpaired) electrons. The molecule has 0 spiro atoms. The number of esters is 1. The van der Waals surface area contributed by atoms with Gasteiger partial charge in [-0.25, -0.2) is 4.79 Å². The van der Waals surface area contributed by atoms with Gasteiger partial charge < -0.3 is 4.74 Å². The number of anilines is 1. The molecule has 2 amide bonds. The van der Waals surface area contributed by atoms with Crippen LogP contribution in [0.2, 0.25) is 0 Å². The number of rotatable bonds is 6. The minimum Gasteiger partial charge on any atom is -0.454 e. The summed E-state index contributed by atoms with van der Waals surface area (Å²) in [5.41, 5.74) is 0.631. The first kappa shape index (κ1) is 21.4. The molecule has 1 aliphatic heterocycles. The zero-order chi connectivity index (χ0) is 24.4. The van der Waals surface area contributed by atoms with Gasteiger partial charge in [-0.1, -0.05) is 12.2 Å². The Balaban J connectivity index is 1.11. The first-order chi connectivity index (χ1) is 16.8. The second-order valence-electron chi connectivity index (χ2n) is 9.52. The molecule has 2 aromatic carbocycles. The highest BCUT2D eigenvalue weighted by Gasteiger charge is 2.67. The number of carbonyl (C=O) groups excluding carboxylic acids is 4. The predicted molar refractivity (Wildman–Crippen MR) is 121 cm³/mol. The second-order valence-corrected chi connectivity index (χ2v) is 9.52. The highest BCUT2D eigenvalue weighted by molar-refractivity contribution is 6.22. The molecular weight excluding hydrogens is 452 g/mol. The lowest BCUT2D eigenvalue weighted by atomic mass is 9.63. The van der Waals surface area contributed by atoms with Crippen LogP contribution in [-0.2, 0) is 14.3 Å². The quantitative estimate of drug-likeness (QED) is 0.158. The average Bonchev–Trinajstić information content (AvgIpc) is 3.65. The Hall–Kier alpha value is -4.14. The normalized spacial score (nSPS) is 29.5. The van der Waals surface area contributed by atoms with Gasteiger partial charge in [-0.05, 0) is 66.5 Å². The van der Waals surface area contributed by atoms with E-state index in [0.717, 1.165) is 6.42 Å². The molecule has 2 saturated carbocycles. The number of allylic oxidation sites excluding steroid dienone is 2. The molecule has 4 aliphatic carbocycles. The van der Waals surface area contributed by atoms with Crippen LogP contribution in [0.5, 0.6) is 0 Å². The number of Topliss-reactive ketones (excluding diaryl/α,β-unsaturated/α-hetero) is 1. The summed E-state index contributed by atoms with van der Waals surface area (Å²) in [4.78, 5) is 62.4. The fourth-order valence-electron chi connectivity index (χ4n) is 6.02. The van der Waals surface area contributed by atoms with Gasteiger partial charge in [0.25, 0.3) is 5.69 Å². The Morgan fingerprint density at radius 2 is 1.43 bits per heavy atom. The van der Waals surface area contributed by atoms with Gasteiger partial charge in [0.15, 0.2) is 12.4 Å². The van der Waals surface area contributed by atoms with Crippen LogP contribution < -0.4 is 4.90 Å². The van der Waals surface area contributed by atoms with E-state index in [1.54, 1.807) is 0 Å². The number of nitro benzene ring substituents is 1. The van der Waals surface area contributed by atoms with Crippen LogP contribution in [-0.4, -0.2) is 35.1 Å². The Morgan fingerprint density at radius 1 is 0.886 bits per heavy atom. The largest absolute Gasteiger partial charge is 0.454 e. The maximum atomic E-state index is 13.2. The number of imide groups is 1. The summed E-state index contributed by atoms with van der Waals surface area (Å²) >= 11 is 0. The molecule has 0 N–H and O–H groups in total. The first-order valence-corrected chi connectivity index (χ1v) is 11.5. The number of ketones is 1. The molecule has 3 fully saturated rings. The van der Waals surface area contributed by atoms with Gasteiger partial charge in [-0.3, -0.25) is 29.4 Å². The number of non-ortho nitro benzene ring substituents is 1. The third-order valence-corrected chi connectivity index (χ3v) is 7.76. The Labute approximate surface area is 199 Å². The second kappa shape index (κ2) is 7.69. The van der Waals surface area contributed by atoms with Crippen molar-refractivity contribution in [3.63, 3.8) is 0 Å². The number of hydrogen-bond donors (Lipinski definition) is 0. The van der Waals surface area contributed by atoms with Crippen molar-refractivity contribution < 1.29 is 28.8 Å². The van der Waals surface area contributed by atoms with Crippen molar-refractivity contribution in [2.75, 3.05) is 11.5 Å². The van der Waals surface area contributed by atoms with Crippen molar-refractivity contribution in [1.82, 2.24) is 0 Å². The van der Waals surface area contributed by atoms with Gasteiger partial charge in [0.1, 0.15) is 0 Å². The number of benzene rings is 2. The lowest BCUT2D eigenvalue weighted by molar-refractivity contribution is -0.384. The summed E-state index contributed by atoms with van der Waals surface area (Å²) in [7, 11) is 0. The smallest absolute Gasteiger partial charge is 0.338 e. The molecule has 1 saturated heterocycles. The highest BCUT2D eigenvalue weighted by atomic mass is 16.6. The SMILES string of the molecule is O=C(COC(=O)c1ccc(N2C(=O)[C@@H]3[C@@H]4C=C[C@H]([C@H]5C[C@H]45)[C@@H]3C2=O)cc1)c1ccc([N+](=O)[O-])cc1. The zero-order valence-electron chi connectivity index (χ0n) is 18.4. The van der Waals surface area contributed by atoms with Gasteiger partial charge in [-0.2, -0.15) is 0 Å². The molecule has 7 rings (SSSR count). The van der Waals surface area contributed by atoms with Crippen molar-refractivity contribution >= 4 is 34.9 Å². The minimum atomic E-state index is -0.734. The van der Waals surface area contributed by atoms with Gasteiger partial charge in [0.2, 0.25) is 11.8 Å². The molecule has 6 atom stereocenters. The summed E-state index contributed by atoms with van der Waals surface area (Å²) in [6, 6.07) is 11.0. The molecular formula is C26H20N2O7. The van der Waals surface area contributed by atoms with Crippen molar-refractivity contribution in [2.45, 2.75) is 6.42 Å². The Kier molecular flexibility index (Phi) is 4.70. The van der Waals surface area contributed by atoms with Gasteiger partial charge in [0, 0.05) is 17.7 Å². The molecule has 1 heterocycles. The predicted octanol–water partition coefficient (Wildman–Crippen LogP) is 3.19. The number of ether oxygens (including phenoxy) is 1. The van der Waals surface area contributed by atoms with E-state index in [1.165, 1.54) is 53.4 Å². The van der Waals surface area contributed by atoms with E-state index < -0.39 is 23.3 Å². The third-order valence-electron chi connectivity index (χ3n) is 7.76. The van der Waals surface area contributed by atoms with E-state index in [-0.39, 0.29) is 52.3 Å². The standard InChI is InChI=1S/C26H20N2O7/c29-21(13-1-7-16(8-2-13)28(33)34)12-35-26(32)14-3-5-15(6-4-14)27-24(30)22-17-9-10-18(20-11-19(17)20)23(22)25(27)31/h1-10,17-20,22-23H,11-12H2/t17-,18-,19-,20-,22-,23+/m1/s1. The van der Waals surface area contributed by atoms with Crippen LogP contribution >= 0.6 is 0 Å². The summed E-state index contributed by atoms with van der Waals surface area (Å²) in [6.07, 6.45) is 5.33. The number of carbonyl (C=O) groups is 4.